The average Bonchev–Trinajstić information content (AvgIpc) is 2.52. The third-order valence-corrected chi connectivity index (χ3v) is 3.83. The molecule has 1 saturated heterocycles. The monoisotopic (exact) mass is 305 g/mol. The standard InChI is InChI=1S/C16H23N3O3/c1-12-4-3-5-14(18-12)10-17-16(21)13-6-7-15(20)19(11-13)8-9-22-2/h3-5,13H,6-11H2,1-2H3,(H,17,21). The molecule has 0 aliphatic carbocycles. The number of rotatable bonds is 6. The summed E-state index contributed by atoms with van der Waals surface area (Å²) in [6.07, 6.45) is 1.03. The van der Waals surface area contributed by atoms with Gasteiger partial charge in [-0.25, -0.2) is 0 Å². The highest BCUT2D eigenvalue weighted by molar-refractivity contribution is 5.83. The Morgan fingerprint density at radius 2 is 2.32 bits per heavy atom. The van der Waals surface area contributed by atoms with Crippen LogP contribution in [0.25, 0.3) is 0 Å². The van der Waals surface area contributed by atoms with Crippen molar-refractivity contribution in [3.05, 3.63) is 29.6 Å². The zero-order chi connectivity index (χ0) is 15.9. The molecule has 0 aromatic carbocycles. The smallest absolute Gasteiger partial charge is 0.225 e. The first-order chi connectivity index (χ1) is 10.6. The fraction of sp³-hybridized carbons (Fsp3) is 0.562. The third-order valence-electron chi connectivity index (χ3n) is 3.83. The Hall–Kier alpha value is -1.95. The van der Waals surface area contributed by atoms with Crippen LogP contribution in [0, 0.1) is 12.8 Å². The second-order valence-electron chi connectivity index (χ2n) is 5.56. The first-order valence-corrected chi connectivity index (χ1v) is 7.57. The second kappa shape index (κ2) is 7.89. The van der Waals surface area contributed by atoms with E-state index < -0.39 is 0 Å². The highest BCUT2D eigenvalue weighted by Crippen LogP contribution is 2.17. The van der Waals surface area contributed by atoms with E-state index in [1.807, 2.05) is 25.1 Å². The van der Waals surface area contributed by atoms with Gasteiger partial charge in [0.2, 0.25) is 11.8 Å². The van der Waals surface area contributed by atoms with Crippen LogP contribution < -0.4 is 5.32 Å². The molecule has 1 aliphatic heterocycles. The lowest BCUT2D eigenvalue weighted by Gasteiger charge is -2.31. The highest BCUT2D eigenvalue weighted by Gasteiger charge is 2.29. The maximum Gasteiger partial charge on any atom is 0.225 e. The number of ether oxygens (including phenoxy) is 1. The van der Waals surface area contributed by atoms with Crippen molar-refractivity contribution in [3.63, 3.8) is 0 Å². The lowest BCUT2D eigenvalue weighted by molar-refractivity contribution is -0.138. The van der Waals surface area contributed by atoms with Gasteiger partial charge in [0.15, 0.2) is 0 Å². The molecule has 22 heavy (non-hydrogen) atoms. The van der Waals surface area contributed by atoms with Crippen molar-refractivity contribution in [1.29, 1.82) is 0 Å². The molecule has 0 saturated carbocycles. The number of aryl methyl sites for hydroxylation is 1. The van der Waals surface area contributed by atoms with Gasteiger partial charge in [0.25, 0.3) is 0 Å². The van der Waals surface area contributed by atoms with Crippen molar-refractivity contribution in [2.45, 2.75) is 26.3 Å². The molecule has 1 aliphatic rings. The molecule has 120 valence electrons. The number of aromatic nitrogens is 1. The van der Waals surface area contributed by atoms with Crippen LogP contribution >= 0.6 is 0 Å². The highest BCUT2D eigenvalue weighted by atomic mass is 16.5. The maximum absolute atomic E-state index is 12.3. The van der Waals surface area contributed by atoms with Crippen LogP contribution in [0.2, 0.25) is 0 Å². The van der Waals surface area contributed by atoms with E-state index in [1.54, 1.807) is 12.0 Å². The summed E-state index contributed by atoms with van der Waals surface area (Å²) >= 11 is 0. The molecule has 1 unspecified atom stereocenters. The van der Waals surface area contributed by atoms with Crippen molar-refractivity contribution < 1.29 is 14.3 Å². The number of likely N-dealkylation sites (tertiary alicyclic amines) is 1. The van der Waals surface area contributed by atoms with Gasteiger partial charge in [-0.3, -0.25) is 14.6 Å². The first kappa shape index (κ1) is 16.4. The lowest BCUT2D eigenvalue weighted by Crippen LogP contribution is -2.46. The van der Waals surface area contributed by atoms with Crippen LogP contribution in [0.1, 0.15) is 24.2 Å². The number of nitrogens with one attached hydrogen (secondary N) is 1. The summed E-state index contributed by atoms with van der Waals surface area (Å²) in [4.78, 5) is 30.2. The summed E-state index contributed by atoms with van der Waals surface area (Å²) < 4.78 is 5.00. The predicted octanol–water partition coefficient (Wildman–Crippen LogP) is 0.891. The molecule has 1 aromatic rings. The van der Waals surface area contributed by atoms with Gasteiger partial charge in [-0.05, 0) is 25.5 Å². The molecule has 2 rings (SSSR count). The van der Waals surface area contributed by atoms with Crippen LogP contribution in [0.3, 0.4) is 0 Å². The Balaban J connectivity index is 1.85. The SMILES string of the molecule is COCCN1CC(C(=O)NCc2cccc(C)n2)CCC1=O. The van der Waals surface area contributed by atoms with Crippen LogP contribution in [0.15, 0.2) is 18.2 Å². The van der Waals surface area contributed by atoms with Crippen LogP contribution in [-0.4, -0.2) is 48.5 Å². The number of piperidine rings is 1. The zero-order valence-electron chi connectivity index (χ0n) is 13.2. The molecule has 0 bridgehead atoms. The van der Waals surface area contributed by atoms with Crippen LogP contribution in [0.5, 0.6) is 0 Å². The van der Waals surface area contributed by atoms with E-state index in [-0.39, 0.29) is 17.7 Å². The second-order valence-corrected chi connectivity index (χ2v) is 5.56. The zero-order valence-corrected chi connectivity index (χ0v) is 13.2. The molecule has 1 atom stereocenters. The molecule has 1 N–H and O–H groups in total. The van der Waals surface area contributed by atoms with Gasteiger partial charge >= 0.3 is 0 Å². The van der Waals surface area contributed by atoms with Crippen molar-refractivity contribution in [1.82, 2.24) is 15.2 Å². The summed E-state index contributed by atoms with van der Waals surface area (Å²) in [5.41, 5.74) is 1.78. The summed E-state index contributed by atoms with van der Waals surface area (Å²) in [6.45, 7) is 3.84. The molecule has 2 heterocycles. The van der Waals surface area contributed by atoms with Gasteiger partial charge in [-0.15, -0.1) is 0 Å². The van der Waals surface area contributed by atoms with E-state index in [2.05, 4.69) is 10.3 Å². The van der Waals surface area contributed by atoms with Crippen LogP contribution in [-0.2, 0) is 20.9 Å². The molecular formula is C16H23N3O3. The van der Waals surface area contributed by atoms with Crippen molar-refractivity contribution >= 4 is 11.8 Å². The quantitative estimate of drug-likeness (QED) is 0.847. The largest absolute Gasteiger partial charge is 0.383 e. The molecule has 1 aromatic heterocycles. The number of methoxy groups -OCH3 is 1. The van der Waals surface area contributed by atoms with E-state index in [9.17, 15) is 9.59 Å². The Morgan fingerprint density at radius 3 is 3.05 bits per heavy atom. The Morgan fingerprint density at radius 1 is 1.50 bits per heavy atom. The van der Waals surface area contributed by atoms with Gasteiger partial charge in [0, 0.05) is 32.3 Å². The summed E-state index contributed by atoms with van der Waals surface area (Å²) in [6, 6.07) is 5.74. The summed E-state index contributed by atoms with van der Waals surface area (Å²) in [7, 11) is 1.60. The van der Waals surface area contributed by atoms with E-state index in [4.69, 9.17) is 4.74 Å². The number of hydrogen-bond acceptors (Lipinski definition) is 4. The molecule has 0 radical (unpaired) electrons. The third kappa shape index (κ3) is 4.53. The normalized spacial score (nSPS) is 18.4. The average molecular weight is 305 g/mol. The topological polar surface area (TPSA) is 71.5 Å². The van der Waals surface area contributed by atoms with Gasteiger partial charge in [-0.2, -0.15) is 0 Å². The molecule has 2 amide bonds. The molecule has 6 heteroatoms. The lowest BCUT2D eigenvalue weighted by atomic mass is 9.96. The first-order valence-electron chi connectivity index (χ1n) is 7.57. The van der Waals surface area contributed by atoms with E-state index >= 15 is 0 Å². The number of nitrogens with zero attached hydrogens (tertiary/aromatic N) is 2. The summed E-state index contributed by atoms with van der Waals surface area (Å²) in [5.74, 6) is -0.0703. The minimum atomic E-state index is -0.153. The molecule has 0 spiro atoms. The van der Waals surface area contributed by atoms with E-state index in [0.717, 1.165) is 11.4 Å². The number of hydrogen-bond donors (Lipinski definition) is 1. The Bertz CT molecular complexity index is 533. The van der Waals surface area contributed by atoms with Gasteiger partial charge in [0.1, 0.15) is 0 Å². The number of pyridine rings is 1. The summed E-state index contributed by atoms with van der Waals surface area (Å²) in [5, 5.41) is 2.92. The van der Waals surface area contributed by atoms with Crippen LogP contribution in [0.4, 0.5) is 0 Å². The maximum atomic E-state index is 12.3. The van der Waals surface area contributed by atoms with E-state index in [0.29, 0.717) is 39.1 Å². The van der Waals surface area contributed by atoms with Gasteiger partial charge < -0.3 is 15.0 Å². The minimum absolute atomic E-state index is 0.0155. The molecular weight excluding hydrogens is 282 g/mol. The minimum Gasteiger partial charge on any atom is -0.383 e. The Labute approximate surface area is 130 Å². The van der Waals surface area contributed by atoms with E-state index in [1.165, 1.54) is 0 Å². The van der Waals surface area contributed by atoms with Crippen molar-refractivity contribution in [3.8, 4) is 0 Å². The molecule has 6 nitrogen and oxygen atoms in total. The van der Waals surface area contributed by atoms with Crippen molar-refractivity contribution in [2.24, 2.45) is 5.92 Å². The number of carbonyl (C=O) groups excluding carboxylic acids is 2. The Kier molecular flexibility index (Phi) is 5.89. The van der Waals surface area contributed by atoms with Gasteiger partial charge in [-0.1, -0.05) is 6.07 Å². The number of carbonyl (C=O) groups is 2. The fourth-order valence-electron chi connectivity index (χ4n) is 2.57. The molecule has 1 fully saturated rings. The fourth-order valence-corrected chi connectivity index (χ4v) is 2.57. The number of amides is 2. The van der Waals surface area contributed by atoms with Crippen molar-refractivity contribution in [2.75, 3.05) is 26.8 Å². The predicted molar refractivity (Wildman–Crippen MR) is 82.0 cm³/mol. The van der Waals surface area contributed by atoms with Gasteiger partial charge in [0.05, 0.1) is 24.8 Å².